The zero-order valence-electron chi connectivity index (χ0n) is 11.6. The first-order valence-corrected chi connectivity index (χ1v) is 7.02. The van der Waals surface area contributed by atoms with Crippen LogP contribution in [0, 0.1) is 0 Å². The van der Waals surface area contributed by atoms with E-state index in [9.17, 15) is 20.1 Å². The van der Waals surface area contributed by atoms with Crippen LogP contribution in [0.1, 0.15) is 15.9 Å². The van der Waals surface area contributed by atoms with Crippen LogP contribution in [0.15, 0.2) is 40.9 Å². The summed E-state index contributed by atoms with van der Waals surface area (Å²) in [5.74, 6) is -0.601. The van der Waals surface area contributed by atoms with Gasteiger partial charge in [0.15, 0.2) is 17.3 Å². The normalized spacial score (nSPS) is 10.8. The van der Waals surface area contributed by atoms with E-state index in [0.717, 1.165) is 6.07 Å². The van der Waals surface area contributed by atoms with Crippen molar-refractivity contribution in [2.24, 2.45) is 0 Å². The lowest BCUT2D eigenvalue weighted by atomic mass is 10.1. The fourth-order valence-electron chi connectivity index (χ4n) is 1.82. The smallest absolute Gasteiger partial charge is 0.189 e. The maximum atomic E-state index is 12.1. The van der Waals surface area contributed by atoms with Crippen LogP contribution in [-0.4, -0.2) is 28.2 Å². The van der Waals surface area contributed by atoms with Crippen molar-refractivity contribution in [3.8, 4) is 23.0 Å². The molecule has 2 rings (SSSR count). The van der Waals surface area contributed by atoms with Gasteiger partial charge in [-0.2, -0.15) is 0 Å². The number of phenolic OH excluding ortho intramolecular Hbond substituents is 3. The summed E-state index contributed by atoms with van der Waals surface area (Å²) in [6.45, 7) is 0. The largest absolute Gasteiger partial charge is 0.507 e. The third-order valence-electron chi connectivity index (χ3n) is 2.96. The Balaban J connectivity index is 2.25. The van der Waals surface area contributed by atoms with E-state index in [0.29, 0.717) is 15.8 Å². The van der Waals surface area contributed by atoms with Crippen molar-refractivity contribution in [3.63, 3.8) is 0 Å². The molecule has 0 saturated carbocycles. The topological polar surface area (TPSA) is 87.0 Å². The third-order valence-corrected chi connectivity index (χ3v) is 3.60. The summed E-state index contributed by atoms with van der Waals surface area (Å²) < 4.78 is 5.24. The Kier molecular flexibility index (Phi) is 4.72. The van der Waals surface area contributed by atoms with Gasteiger partial charge >= 0.3 is 0 Å². The van der Waals surface area contributed by atoms with E-state index in [-0.39, 0.29) is 22.8 Å². The van der Waals surface area contributed by atoms with E-state index in [2.05, 4.69) is 15.9 Å². The number of methoxy groups -OCH3 is 1. The minimum Gasteiger partial charge on any atom is -0.507 e. The number of hydrogen-bond acceptors (Lipinski definition) is 5. The summed E-state index contributed by atoms with van der Waals surface area (Å²) in [7, 11) is 1.44. The Hall–Kier alpha value is -2.47. The molecule has 0 aliphatic carbocycles. The lowest BCUT2D eigenvalue weighted by Crippen LogP contribution is -1.95. The highest BCUT2D eigenvalue weighted by atomic mass is 79.9. The van der Waals surface area contributed by atoms with Crippen molar-refractivity contribution in [3.05, 3.63) is 52.0 Å². The Labute approximate surface area is 135 Å². The minimum absolute atomic E-state index is 0.0349. The zero-order valence-corrected chi connectivity index (χ0v) is 13.2. The summed E-state index contributed by atoms with van der Waals surface area (Å²) in [5.41, 5.74) is 0.655. The SMILES string of the molecule is COc1ccc(C=CC(=O)c2cc(Br)c(O)cc2O)cc1O. The highest BCUT2D eigenvalue weighted by Gasteiger charge is 2.12. The lowest BCUT2D eigenvalue weighted by Gasteiger charge is -2.04. The first-order chi connectivity index (χ1) is 10.4. The van der Waals surface area contributed by atoms with Gasteiger partial charge < -0.3 is 20.1 Å². The van der Waals surface area contributed by atoms with Crippen molar-refractivity contribution in [2.45, 2.75) is 0 Å². The number of aromatic hydroxyl groups is 3. The molecule has 0 spiro atoms. The van der Waals surface area contributed by atoms with E-state index in [1.165, 1.54) is 31.4 Å². The van der Waals surface area contributed by atoms with Crippen molar-refractivity contribution >= 4 is 27.8 Å². The molecule has 0 radical (unpaired) electrons. The molecule has 0 saturated heterocycles. The second kappa shape index (κ2) is 6.53. The van der Waals surface area contributed by atoms with Crippen molar-refractivity contribution in [1.82, 2.24) is 0 Å². The number of ketones is 1. The number of hydrogen-bond donors (Lipinski definition) is 3. The molecule has 0 aliphatic rings. The van der Waals surface area contributed by atoms with Crippen LogP contribution in [0.2, 0.25) is 0 Å². The molecule has 0 heterocycles. The monoisotopic (exact) mass is 364 g/mol. The first kappa shape index (κ1) is 15.9. The van der Waals surface area contributed by atoms with Gasteiger partial charge in [-0.25, -0.2) is 0 Å². The molecule has 22 heavy (non-hydrogen) atoms. The summed E-state index contributed by atoms with van der Waals surface area (Å²) in [6, 6.07) is 7.13. The summed E-state index contributed by atoms with van der Waals surface area (Å²) in [6.07, 6.45) is 2.77. The van der Waals surface area contributed by atoms with E-state index in [4.69, 9.17) is 4.74 Å². The molecule has 0 aromatic heterocycles. The van der Waals surface area contributed by atoms with Gasteiger partial charge in [-0.1, -0.05) is 12.1 Å². The Morgan fingerprint density at radius 3 is 2.45 bits per heavy atom. The molecule has 0 bridgehead atoms. The second-order valence-electron chi connectivity index (χ2n) is 4.45. The molecule has 2 aromatic carbocycles. The van der Waals surface area contributed by atoms with Crippen molar-refractivity contribution in [2.75, 3.05) is 7.11 Å². The van der Waals surface area contributed by atoms with Crippen molar-refractivity contribution in [1.29, 1.82) is 0 Å². The van der Waals surface area contributed by atoms with Crippen molar-refractivity contribution < 1.29 is 24.9 Å². The highest BCUT2D eigenvalue weighted by Crippen LogP contribution is 2.32. The standard InChI is InChI=1S/C16H13BrO5/c1-22-16-5-3-9(6-15(16)21)2-4-12(18)10-7-11(17)14(20)8-13(10)19/h2-8,19-21H,1H3. The molecule has 0 aliphatic heterocycles. The Bertz CT molecular complexity index is 752. The minimum atomic E-state index is -0.437. The average molecular weight is 365 g/mol. The predicted octanol–water partition coefficient (Wildman–Crippen LogP) is 3.47. The van der Waals surface area contributed by atoms with Crippen LogP contribution in [0.25, 0.3) is 6.08 Å². The predicted molar refractivity (Wildman–Crippen MR) is 85.5 cm³/mol. The quantitative estimate of drug-likeness (QED) is 0.571. The van der Waals surface area contributed by atoms with Crippen LogP contribution in [-0.2, 0) is 0 Å². The van der Waals surface area contributed by atoms with E-state index in [1.807, 2.05) is 0 Å². The Morgan fingerprint density at radius 1 is 1.09 bits per heavy atom. The molecule has 114 valence electrons. The highest BCUT2D eigenvalue weighted by molar-refractivity contribution is 9.10. The van der Waals surface area contributed by atoms with Gasteiger partial charge in [0, 0.05) is 6.07 Å². The van der Waals surface area contributed by atoms with Gasteiger partial charge in [-0.3, -0.25) is 4.79 Å². The number of carbonyl (C=O) groups excluding carboxylic acids is 1. The fraction of sp³-hybridized carbons (Fsp3) is 0.0625. The van der Waals surface area contributed by atoms with Gasteiger partial charge in [0.05, 0.1) is 17.1 Å². The Morgan fingerprint density at radius 2 is 1.82 bits per heavy atom. The first-order valence-electron chi connectivity index (χ1n) is 6.23. The van der Waals surface area contributed by atoms with Crippen LogP contribution in [0.5, 0.6) is 23.0 Å². The van der Waals surface area contributed by atoms with E-state index < -0.39 is 5.78 Å². The zero-order chi connectivity index (χ0) is 16.3. The number of phenols is 3. The van der Waals surface area contributed by atoms with Crippen LogP contribution < -0.4 is 4.74 Å². The van der Waals surface area contributed by atoms with Gasteiger partial charge in [-0.15, -0.1) is 0 Å². The maximum Gasteiger partial charge on any atom is 0.189 e. The molecule has 3 N–H and O–H groups in total. The molecule has 0 unspecified atom stereocenters. The fourth-order valence-corrected chi connectivity index (χ4v) is 2.16. The molecular weight excluding hydrogens is 352 g/mol. The maximum absolute atomic E-state index is 12.1. The van der Waals surface area contributed by atoms with Gasteiger partial charge in [-0.05, 0) is 45.8 Å². The van der Waals surface area contributed by atoms with Gasteiger partial charge in [0.1, 0.15) is 11.5 Å². The van der Waals surface area contributed by atoms with E-state index in [1.54, 1.807) is 12.1 Å². The number of allylic oxidation sites excluding steroid dienone is 1. The second-order valence-corrected chi connectivity index (χ2v) is 5.30. The van der Waals surface area contributed by atoms with Crippen LogP contribution in [0.3, 0.4) is 0 Å². The summed E-state index contributed by atoms with van der Waals surface area (Å²) in [5, 5.41) is 28.8. The molecular formula is C16H13BrO5. The van der Waals surface area contributed by atoms with Gasteiger partial charge in [0.25, 0.3) is 0 Å². The number of ether oxygens (including phenoxy) is 1. The summed E-state index contributed by atoms with van der Waals surface area (Å²) in [4.78, 5) is 12.1. The molecule has 2 aromatic rings. The van der Waals surface area contributed by atoms with Crippen LogP contribution in [0.4, 0.5) is 0 Å². The average Bonchev–Trinajstić information content (AvgIpc) is 2.48. The molecule has 6 heteroatoms. The number of halogens is 1. The third kappa shape index (κ3) is 3.40. The molecule has 0 atom stereocenters. The number of carbonyl (C=O) groups is 1. The number of benzene rings is 2. The summed E-state index contributed by atoms with van der Waals surface area (Å²) >= 11 is 3.09. The lowest BCUT2D eigenvalue weighted by molar-refractivity contribution is 0.104. The number of rotatable bonds is 4. The molecule has 5 nitrogen and oxygen atoms in total. The van der Waals surface area contributed by atoms with Crippen LogP contribution >= 0.6 is 15.9 Å². The van der Waals surface area contributed by atoms with E-state index >= 15 is 0 Å². The molecule has 0 fully saturated rings. The van der Waals surface area contributed by atoms with Gasteiger partial charge in [0.2, 0.25) is 0 Å². The molecule has 0 amide bonds.